The standard InChI is InChI=1S/C21H14N2O/c1-13-7-10-18(23-12-13)17-6-2-5-15-16-9-8-14-4-3-11-22-19(14)21(16)24-20(15)17/h2-12H,1H3/i1D3. The summed E-state index contributed by atoms with van der Waals surface area (Å²) in [6.45, 7) is -2.17. The number of nitrogens with zero attached hydrogens (tertiary/aromatic N) is 2. The maximum absolute atomic E-state index is 7.50. The molecule has 0 amide bonds. The van der Waals surface area contributed by atoms with Gasteiger partial charge in [0.15, 0.2) is 5.58 Å². The van der Waals surface area contributed by atoms with E-state index in [2.05, 4.69) is 9.97 Å². The monoisotopic (exact) mass is 313 g/mol. The van der Waals surface area contributed by atoms with Gasteiger partial charge in [-0.3, -0.25) is 9.97 Å². The van der Waals surface area contributed by atoms with Crippen LogP contribution in [0, 0.1) is 6.85 Å². The van der Waals surface area contributed by atoms with E-state index in [-0.39, 0.29) is 5.56 Å². The van der Waals surface area contributed by atoms with Crippen LogP contribution in [0.1, 0.15) is 9.68 Å². The number of pyridine rings is 2. The molecule has 2 aromatic carbocycles. The number of fused-ring (bicyclic) bond motifs is 5. The fourth-order valence-electron chi connectivity index (χ4n) is 3.15. The summed E-state index contributed by atoms with van der Waals surface area (Å²) in [4.78, 5) is 8.84. The molecule has 0 spiro atoms. The van der Waals surface area contributed by atoms with E-state index in [1.165, 1.54) is 6.20 Å². The molecule has 0 saturated heterocycles. The van der Waals surface area contributed by atoms with Gasteiger partial charge >= 0.3 is 0 Å². The van der Waals surface area contributed by atoms with Gasteiger partial charge in [-0.1, -0.05) is 30.3 Å². The summed E-state index contributed by atoms with van der Waals surface area (Å²) in [5, 5.41) is 3.00. The molecule has 3 nitrogen and oxygen atoms in total. The molecule has 0 fully saturated rings. The minimum atomic E-state index is -2.17. The van der Waals surface area contributed by atoms with E-state index in [9.17, 15) is 0 Å². The first-order chi connectivity index (χ1) is 13.0. The third-order valence-corrected chi connectivity index (χ3v) is 4.28. The van der Waals surface area contributed by atoms with Crippen molar-refractivity contribution in [3.05, 3.63) is 72.6 Å². The van der Waals surface area contributed by atoms with E-state index < -0.39 is 6.85 Å². The summed E-state index contributed by atoms with van der Waals surface area (Å²) in [7, 11) is 0. The van der Waals surface area contributed by atoms with Crippen LogP contribution in [0.25, 0.3) is 44.1 Å². The molecule has 3 aromatic heterocycles. The normalized spacial score (nSPS) is 13.9. The van der Waals surface area contributed by atoms with Crippen molar-refractivity contribution in [1.82, 2.24) is 9.97 Å². The van der Waals surface area contributed by atoms with Gasteiger partial charge in [-0.05, 0) is 36.7 Å². The zero-order valence-corrected chi connectivity index (χ0v) is 12.7. The van der Waals surface area contributed by atoms with Crippen molar-refractivity contribution < 1.29 is 8.53 Å². The third kappa shape index (κ3) is 1.85. The molecule has 0 aliphatic carbocycles. The number of para-hydroxylation sites is 1. The topological polar surface area (TPSA) is 38.9 Å². The van der Waals surface area contributed by atoms with Crippen LogP contribution in [-0.2, 0) is 0 Å². The number of aromatic nitrogens is 2. The first kappa shape index (κ1) is 10.6. The van der Waals surface area contributed by atoms with Crippen molar-refractivity contribution in [2.24, 2.45) is 0 Å². The van der Waals surface area contributed by atoms with E-state index in [0.717, 1.165) is 38.4 Å². The molecule has 0 bridgehead atoms. The Kier molecular flexibility index (Phi) is 2.15. The second kappa shape index (κ2) is 4.90. The van der Waals surface area contributed by atoms with Gasteiger partial charge in [0.25, 0.3) is 0 Å². The molecule has 24 heavy (non-hydrogen) atoms. The second-order valence-electron chi connectivity index (χ2n) is 5.73. The lowest BCUT2D eigenvalue weighted by atomic mass is 10.1. The summed E-state index contributed by atoms with van der Waals surface area (Å²) in [5.41, 5.74) is 4.00. The Bertz CT molecular complexity index is 1300. The van der Waals surface area contributed by atoms with Crippen LogP contribution in [0.3, 0.4) is 0 Å². The van der Waals surface area contributed by atoms with Gasteiger partial charge in [-0.2, -0.15) is 0 Å². The van der Waals surface area contributed by atoms with E-state index >= 15 is 0 Å². The molecule has 0 unspecified atom stereocenters. The molecule has 0 aliphatic rings. The number of aryl methyl sites for hydroxylation is 1. The lowest BCUT2D eigenvalue weighted by molar-refractivity contribution is 0.672. The lowest BCUT2D eigenvalue weighted by Crippen LogP contribution is -1.84. The Labute approximate surface area is 142 Å². The van der Waals surface area contributed by atoms with Crippen LogP contribution >= 0.6 is 0 Å². The Morgan fingerprint density at radius 1 is 0.875 bits per heavy atom. The van der Waals surface area contributed by atoms with Gasteiger partial charge in [0.1, 0.15) is 11.1 Å². The van der Waals surface area contributed by atoms with Crippen molar-refractivity contribution >= 4 is 32.8 Å². The van der Waals surface area contributed by atoms with Gasteiger partial charge in [-0.25, -0.2) is 0 Å². The number of hydrogen-bond acceptors (Lipinski definition) is 3. The van der Waals surface area contributed by atoms with E-state index in [4.69, 9.17) is 8.53 Å². The van der Waals surface area contributed by atoms with Gasteiger partial charge in [-0.15, -0.1) is 0 Å². The first-order valence-corrected chi connectivity index (χ1v) is 7.68. The molecular formula is C21H14N2O. The molecule has 5 aromatic rings. The van der Waals surface area contributed by atoms with Gasteiger partial charge in [0, 0.05) is 38.2 Å². The van der Waals surface area contributed by atoms with Crippen LogP contribution in [0.15, 0.2) is 71.4 Å². The van der Waals surface area contributed by atoms with Crippen LogP contribution in [0.2, 0.25) is 0 Å². The molecule has 0 radical (unpaired) electrons. The Morgan fingerprint density at radius 2 is 1.83 bits per heavy atom. The molecule has 5 rings (SSSR count). The van der Waals surface area contributed by atoms with Crippen molar-refractivity contribution in [3.8, 4) is 11.3 Å². The summed E-state index contributed by atoms with van der Waals surface area (Å²) < 4.78 is 28.7. The molecule has 0 N–H and O–H groups in total. The highest BCUT2D eigenvalue weighted by Crippen LogP contribution is 2.37. The maximum atomic E-state index is 7.50. The Hall–Kier alpha value is -3.20. The van der Waals surface area contributed by atoms with Crippen molar-refractivity contribution in [3.63, 3.8) is 0 Å². The fourth-order valence-corrected chi connectivity index (χ4v) is 3.15. The number of benzene rings is 2. The molecule has 0 saturated carbocycles. The maximum Gasteiger partial charge on any atom is 0.161 e. The smallest absolute Gasteiger partial charge is 0.161 e. The van der Waals surface area contributed by atoms with Gasteiger partial charge < -0.3 is 4.42 Å². The van der Waals surface area contributed by atoms with Crippen molar-refractivity contribution in [2.75, 3.05) is 0 Å². The first-order valence-electron chi connectivity index (χ1n) is 9.18. The van der Waals surface area contributed by atoms with E-state index in [1.54, 1.807) is 18.3 Å². The molecule has 0 aliphatic heterocycles. The minimum absolute atomic E-state index is 0.221. The zero-order valence-electron chi connectivity index (χ0n) is 15.7. The van der Waals surface area contributed by atoms with Crippen LogP contribution in [0.5, 0.6) is 0 Å². The third-order valence-electron chi connectivity index (χ3n) is 4.28. The van der Waals surface area contributed by atoms with E-state index in [1.807, 2.05) is 42.5 Å². The molecule has 114 valence electrons. The zero-order chi connectivity index (χ0) is 18.6. The number of rotatable bonds is 1. The van der Waals surface area contributed by atoms with Crippen molar-refractivity contribution in [2.45, 2.75) is 6.85 Å². The van der Waals surface area contributed by atoms with E-state index in [0.29, 0.717) is 5.69 Å². The average Bonchev–Trinajstić information content (AvgIpc) is 3.07. The summed E-state index contributed by atoms with van der Waals surface area (Å²) in [6, 6.07) is 17.2. The SMILES string of the molecule is [2H]C([2H])([2H])c1ccc(-c2cccc3c2oc2c3ccc3cccnc32)nc1. The number of furan rings is 1. The summed E-state index contributed by atoms with van der Waals surface area (Å²) >= 11 is 0. The predicted octanol–water partition coefficient (Wildman–Crippen LogP) is 5.50. The lowest BCUT2D eigenvalue weighted by Gasteiger charge is -2.02. The highest BCUT2D eigenvalue weighted by Gasteiger charge is 2.14. The highest BCUT2D eigenvalue weighted by atomic mass is 16.3. The second-order valence-corrected chi connectivity index (χ2v) is 5.73. The molecule has 3 heterocycles. The Morgan fingerprint density at radius 3 is 2.71 bits per heavy atom. The largest absolute Gasteiger partial charge is 0.453 e. The van der Waals surface area contributed by atoms with Gasteiger partial charge in [0.05, 0.1) is 5.69 Å². The fraction of sp³-hybridized carbons (Fsp3) is 0.0476. The number of hydrogen-bond donors (Lipinski definition) is 0. The summed E-state index contributed by atoms with van der Waals surface area (Å²) in [6.07, 6.45) is 3.16. The van der Waals surface area contributed by atoms with Crippen LogP contribution in [0.4, 0.5) is 0 Å². The highest BCUT2D eigenvalue weighted by molar-refractivity contribution is 6.15. The minimum Gasteiger partial charge on any atom is -0.453 e. The Balaban J connectivity index is 1.77. The average molecular weight is 313 g/mol. The van der Waals surface area contributed by atoms with Crippen molar-refractivity contribution in [1.29, 1.82) is 0 Å². The quantitative estimate of drug-likeness (QED) is 0.410. The summed E-state index contributed by atoms with van der Waals surface area (Å²) in [5.74, 6) is 0. The van der Waals surface area contributed by atoms with Gasteiger partial charge in [0.2, 0.25) is 0 Å². The van der Waals surface area contributed by atoms with Crippen LogP contribution in [-0.4, -0.2) is 9.97 Å². The molecular weight excluding hydrogens is 296 g/mol. The van der Waals surface area contributed by atoms with Crippen LogP contribution < -0.4 is 0 Å². The molecule has 0 atom stereocenters. The predicted molar refractivity (Wildman–Crippen MR) is 97.0 cm³/mol. The molecule has 3 heteroatoms.